The van der Waals surface area contributed by atoms with Crippen LogP contribution in [0.1, 0.15) is 0 Å². The summed E-state index contributed by atoms with van der Waals surface area (Å²) in [7, 11) is -11.0. The quantitative estimate of drug-likeness (QED) is 0.140. The average Bonchev–Trinajstić information content (AvgIpc) is 2.82. The highest BCUT2D eigenvalue weighted by molar-refractivity contribution is 8.08. The Bertz CT molecular complexity index is 975. The van der Waals surface area contributed by atoms with Crippen LogP contribution in [0.3, 0.4) is 0 Å². The molecular formula is C12H17N2O13P3S. The molecule has 1 fully saturated rings. The standard InChI is InChI=1S/C12H17N2O13P3S/c1-3-12(17)10(16)8(25-11(12)14-5-4-9(15)13-7(14)2)6-24-30(23,31)27-29(21,22)26-28(18,19)20/h1,4-5,8,10-11,16-17H,2,6H2,(H,13,15)(H,21,22)(H,23,31)(H2,18,19,20)/t8-,10+,11-,12-,30?/m1/s1. The maximum Gasteiger partial charge on any atom is 0.488 e. The monoisotopic (exact) mass is 522 g/mol. The fourth-order valence-corrected chi connectivity index (χ4v) is 6.49. The fraction of sp³-hybridized carbons (Fsp3) is 0.417. The van der Waals surface area contributed by atoms with E-state index in [9.17, 15) is 33.9 Å². The van der Waals surface area contributed by atoms with Crippen molar-refractivity contribution in [1.82, 2.24) is 10.2 Å². The number of aliphatic hydroxyl groups is 2. The van der Waals surface area contributed by atoms with E-state index in [2.05, 4.69) is 32.3 Å². The van der Waals surface area contributed by atoms with E-state index in [-0.39, 0.29) is 5.82 Å². The van der Waals surface area contributed by atoms with E-state index < -0.39 is 58.9 Å². The van der Waals surface area contributed by atoms with Crippen molar-refractivity contribution in [2.45, 2.75) is 24.0 Å². The Labute approximate surface area is 180 Å². The van der Waals surface area contributed by atoms with Crippen molar-refractivity contribution in [2.75, 3.05) is 6.61 Å². The number of nitrogens with one attached hydrogen (secondary N) is 1. The van der Waals surface area contributed by atoms with Gasteiger partial charge in [0.25, 0.3) is 5.91 Å². The van der Waals surface area contributed by atoms with Gasteiger partial charge in [0.15, 0.2) is 11.8 Å². The molecule has 2 heterocycles. The van der Waals surface area contributed by atoms with Crippen molar-refractivity contribution in [3.8, 4) is 12.3 Å². The van der Waals surface area contributed by atoms with E-state index in [4.69, 9.17) is 25.5 Å². The van der Waals surface area contributed by atoms with Gasteiger partial charge >= 0.3 is 22.4 Å². The summed E-state index contributed by atoms with van der Waals surface area (Å²) in [6, 6.07) is 0. The molecule has 15 nitrogen and oxygen atoms in total. The second kappa shape index (κ2) is 9.11. The first kappa shape index (κ1) is 26.3. The van der Waals surface area contributed by atoms with Crippen LogP contribution in [0.4, 0.5) is 0 Å². The van der Waals surface area contributed by atoms with Crippen LogP contribution in [0.2, 0.25) is 0 Å². The number of rotatable bonds is 8. The van der Waals surface area contributed by atoms with E-state index in [1.54, 1.807) is 0 Å². The first-order chi connectivity index (χ1) is 14.0. The second-order valence-electron chi connectivity index (χ2n) is 5.99. The summed E-state index contributed by atoms with van der Waals surface area (Å²) < 4.78 is 39.9. The lowest BCUT2D eigenvalue weighted by Crippen LogP contribution is -2.54. The van der Waals surface area contributed by atoms with Crippen LogP contribution >= 0.6 is 22.4 Å². The first-order valence-electron chi connectivity index (χ1n) is 7.78. The number of carbonyl (C=O) groups is 1. The zero-order valence-electron chi connectivity index (χ0n) is 15.1. The summed E-state index contributed by atoms with van der Waals surface area (Å²) in [6.07, 6.45) is 2.70. The Balaban J connectivity index is 2.13. The molecular weight excluding hydrogens is 505 g/mol. The number of terminal acetylenes is 1. The Kier molecular flexibility index (Phi) is 7.72. The molecule has 0 spiro atoms. The van der Waals surface area contributed by atoms with Gasteiger partial charge in [0.05, 0.1) is 6.61 Å². The molecule has 0 radical (unpaired) electrons. The second-order valence-corrected chi connectivity index (χ2v) is 11.8. The lowest BCUT2D eigenvalue weighted by atomic mass is 9.94. The van der Waals surface area contributed by atoms with Gasteiger partial charge in [0.1, 0.15) is 18.0 Å². The summed E-state index contributed by atoms with van der Waals surface area (Å²) in [5.41, 5.74) is -2.38. The molecule has 0 aromatic rings. The van der Waals surface area contributed by atoms with Crippen molar-refractivity contribution < 1.29 is 61.6 Å². The van der Waals surface area contributed by atoms with Gasteiger partial charge in [-0.2, -0.15) is 4.31 Å². The van der Waals surface area contributed by atoms with E-state index >= 15 is 0 Å². The molecule has 0 aromatic carbocycles. The molecule has 0 aliphatic carbocycles. The zero-order chi connectivity index (χ0) is 23.8. The van der Waals surface area contributed by atoms with Gasteiger partial charge in [-0.25, -0.2) is 13.4 Å². The number of carbonyl (C=O) groups excluding carboxylic acids is 1. The minimum Gasteiger partial charge on any atom is -0.386 e. The van der Waals surface area contributed by atoms with Gasteiger partial charge in [-0.1, -0.05) is 12.5 Å². The fourth-order valence-electron chi connectivity index (χ4n) is 2.51. The smallest absolute Gasteiger partial charge is 0.386 e. The van der Waals surface area contributed by atoms with Crippen molar-refractivity contribution >= 4 is 40.1 Å². The van der Waals surface area contributed by atoms with Gasteiger partial charge < -0.3 is 49.3 Å². The predicted octanol–water partition coefficient (Wildman–Crippen LogP) is -1.69. The average molecular weight is 522 g/mol. The summed E-state index contributed by atoms with van der Waals surface area (Å²) in [4.78, 5) is 48.7. The Morgan fingerprint density at radius 2 is 1.97 bits per heavy atom. The summed E-state index contributed by atoms with van der Waals surface area (Å²) >= 11 is 4.46. The number of hydrogen-bond donors (Lipinski definition) is 7. The maximum absolute atomic E-state index is 11.5. The lowest BCUT2D eigenvalue weighted by Gasteiger charge is -2.36. The van der Waals surface area contributed by atoms with Crippen molar-refractivity contribution in [2.24, 2.45) is 0 Å². The van der Waals surface area contributed by atoms with E-state index in [0.29, 0.717) is 0 Å². The minimum absolute atomic E-state index is 0.0497. The van der Waals surface area contributed by atoms with E-state index in [0.717, 1.165) is 11.0 Å². The van der Waals surface area contributed by atoms with Crippen molar-refractivity contribution in [1.29, 1.82) is 0 Å². The first-order valence-corrected chi connectivity index (χ1v) is 13.4. The molecule has 1 amide bonds. The zero-order valence-corrected chi connectivity index (χ0v) is 18.6. The van der Waals surface area contributed by atoms with Gasteiger partial charge in [-0.15, -0.1) is 6.42 Å². The van der Waals surface area contributed by atoms with Crippen LogP contribution in [0, 0.1) is 12.3 Å². The molecule has 0 bridgehead atoms. The summed E-state index contributed by atoms with van der Waals surface area (Å²) in [5, 5.41) is 23.4. The summed E-state index contributed by atoms with van der Waals surface area (Å²) in [6.45, 7) is -1.98. The molecule has 2 aliphatic rings. The van der Waals surface area contributed by atoms with Crippen LogP contribution in [0.5, 0.6) is 0 Å². The molecule has 0 aromatic heterocycles. The number of aliphatic hydroxyl groups excluding tert-OH is 1. The maximum atomic E-state index is 11.5. The number of hydrogen-bond acceptors (Lipinski definition) is 11. The van der Waals surface area contributed by atoms with Gasteiger partial charge in [-0.3, -0.25) is 4.79 Å². The van der Waals surface area contributed by atoms with Gasteiger partial charge in [0.2, 0.25) is 0 Å². The third-order valence-corrected chi connectivity index (χ3v) is 8.47. The van der Waals surface area contributed by atoms with Crippen molar-refractivity contribution in [3.05, 3.63) is 24.7 Å². The van der Waals surface area contributed by atoms with Crippen LogP contribution in [0.25, 0.3) is 0 Å². The predicted molar refractivity (Wildman–Crippen MR) is 103 cm³/mol. The Morgan fingerprint density at radius 1 is 1.35 bits per heavy atom. The van der Waals surface area contributed by atoms with Gasteiger partial charge in [0, 0.05) is 12.3 Å². The molecule has 2 aliphatic heterocycles. The van der Waals surface area contributed by atoms with E-state index in [1.807, 2.05) is 5.92 Å². The number of ether oxygens (including phenoxy) is 1. The third kappa shape index (κ3) is 6.52. The lowest BCUT2D eigenvalue weighted by molar-refractivity contribution is -0.120. The molecule has 19 heteroatoms. The van der Waals surface area contributed by atoms with Crippen LogP contribution in [-0.2, 0) is 43.6 Å². The van der Waals surface area contributed by atoms with Crippen LogP contribution in [0.15, 0.2) is 24.7 Å². The molecule has 2 unspecified atom stereocenters. The highest BCUT2D eigenvalue weighted by atomic mass is 32.5. The van der Waals surface area contributed by atoms with Crippen LogP contribution < -0.4 is 5.32 Å². The Hall–Kier alpha value is -0.980. The molecule has 6 atom stereocenters. The van der Waals surface area contributed by atoms with Gasteiger partial charge in [-0.05, 0) is 11.8 Å². The highest BCUT2D eigenvalue weighted by Crippen LogP contribution is 2.66. The SMILES string of the molecule is C#C[C@@]1(O)[C@@H](O)[C@@H](COP(O)(=S)OP(=O)(O)OP(=O)(O)O)O[C@H]1N1C=CC(=O)NC1=C. The minimum atomic E-state index is -5.54. The topological polar surface area (TPSA) is 225 Å². The molecule has 2 rings (SSSR count). The number of nitrogens with zero attached hydrogens (tertiary/aromatic N) is 1. The van der Waals surface area contributed by atoms with Crippen LogP contribution in [-0.4, -0.2) is 71.2 Å². The largest absolute Gasteiger partial charge is 0.488 e. The molecule has 174 valence electrons. The summed E-state index contributed by atoms with van der Waals surface area (Å²) in [5.74, 6) is 1.38. The number of phosphoric acid groups is 2. The normalized spacial score (nSPS) is 32.8. The van der Waals surface area contributed by atoms with E-state index in [1.165, 1.54) is 6.20 Å². The van der Waals surface area contributed by atoms with Crippen molar-refractivity contribution in [3.63, 3.8) is 0 Å². The molecule has 7 N–H and O–H groups in total. The molecule has 1 saturated heterocycles. The Morgan fingerprint density at radius 3 is 2.48 bits per heavy atom. The third-order valence-electron chi connectivity index (χ3n) is 3.75. The molecule has 0 saturated carbocycles. The number of amides is 1. The molecule has 31 heavy (non-hydrogen) atoms. The highest BCUT2D eigenvalue weighted by Gasteiger charge is 2.57.